The van der Waals surface area contributed by atoms with Crippen LogP contribution in [0.25, 0.3) is 21.9 Å². The Morgan fingerprint density at radius 1 is 1.02 bits per heavy atom. The van der Waals surface area contributed by atoms with Crippen molar-refractivity contribution in [3.05, 3.63) is 121 Å². The minimum atomic E-state index is -4.57. The first-order valence-corrected chi connectivity index (χ1v) is 18.2. The van der Waals surface area contributed by atoms with Crippen LogP contribution in [0.2, 0.25) is 0 Å². The number of aromatic nitrogens is 4. The average Bonchev–Trinajstić information content (AvgIpc) is 3.69. The molecule has 1 aliphatic heterocycles. The monoisotopic (exact) mass is 740 g/mol. The third kappa shape index (κ3) is 7.44. The molecule has 0 amide bonds. The lowest BCUT2D eigenvalue weighted by Crippen LogP contribution is -2.44. The highest BCUT2D eigenvalue weighted by molar-refractivity contribution is 7.52. The molecule has 16 heteroatoms. The predicted octanol–water partition coefficient (Wildman–Crippen LogP) is 4.86. The fourth-order valence-electron chi connectivity index (χ4n) is 6.14. The molecule has 6 aromatic rings. The van der Waals surface area contributed by atoms with Crippen molar-refractivity contribution in [2.45, 2.75) is 43.6 Å². The summed E-state index contributed by atoms with van der Waals surface area (Å²) in [4.78, 5) is 26.3. The van der Waals surface area contributed by atoms with Crippen LogP contribution in [-0.4, -0.2) is 67.2 Å². The molecule has 2 aromatic heterocycles. The number of esters is 1. The fourth-order valence-corrected chi connectivity index (χ4v) is 7.66. The molecule has 6 unspecified atom stereocenters. The van der Waals surface area contributed by atoms with Crippen molar-refractivity contribution in [3.63, 3.8) is 0 Å². The van der Waals surface area contributed by atoms with Crippen molar-refractivity contribution < 1.29 is 42.8 Å². The number of anilines is 1. The van der Waals surface area contributed by atoms with Crippen LogP contribution in [-0.2, 0) is 30.0 Å². The second kappa shape index (κ2) is 14.9. The number of nitrogen functional groups attached to an aromatic ring is 1. The van der Waals surface area contributed by atoms with Crippen LogP contribution in [0.1, 0.15) is 30.3 Å². The SMILES string of the molecule is COc1nc(N)nc2c1ncn2C1OC(COP(=O)(NC(C(=O)OCc2ccccc2)c2ccccc2)Oc2cccc3ccccc23)C(O)C1(C)O. The number of ether oxygens (including phenoxy) is 3. The number of carbonyl (C=O) groups excluding carboxylic acids is 1. The van der Waals surface area contributed by atoms with Crippen LogP contribution in [0.15, 0.2) is 109 Å². The molecule has 5 N–H and O–H groups in total. The molecule has 4 aromatic carbocycles. The van der Waals surface area contributed by atoms with Gasteiger partial charge < -0.3 is 34.7 Å². The van der Waals surface area contributed by atoms with Crippen LogP contribution in [0.5, 0.6) is 11.6 Å². The van der Waals surface area contributed by atoms with E-state index in [2.05, 4.69) is 20.0 Å². The minimum absolute atomic E-state index is 0.0377. The fraction of sp³-hybridized carbons (Fsp3) is 0.243. The molecule has 1 saturated heterocycles. The summed E-state index contributed by atoms with van der Waals surface area (Å²) >= 11 is 0. The van der Waals surface area contributed by atoms with Gasteiger partial charge in [0.25, 0.3) is 0 Å². The van der Waals surface area contributed by atoms with E-state index in [1.54, 1.807) is 54.6 Å². The van der Waals surface area contributed by atoms with E-state index >= 15 is 0 Å². The van der Waals surface area contributed by atoms with Gasteiger partial charge in [-0.1, -0.05) is 97.1 Å². The zero-order chi connectivity index (χ0) is 37.2. The van der Waals surface area contributed by atoms with Gasteiger partial charge in [-0.3, -0.25) is 9.09 Å². The van der Waals surface area contributed by atoms with Crippen LogP contribution in [0.4, 0.5) is 5.95 Å². The molecule has 15 nitrogen and oxygen atoms in total. The number of nitrogens with two attached hydrogens (primary N) is 1. The highest BCUT2D eigenvalue weighted by atomic mass is 31.2. The first-order chi connectivity index (χ1) is 25.6. The van der Waals surface area contributed by atoms with Gasteiger partial charge in [0.2, 0.25) is 11.8 Å². The third-order valence-electron chi connectivity index (χ3n) is 8.86. The summed E-state index contributed by atoms with van der Waals surface area (Å²) < 4.78 is 45.7. The van der Waals surface area contributed by atoms with E-state index in [1.807, 2.05) is 48.5 Å². The molecule has 7 rings (SSSR count). The average molecular weight is 741 g/mol. The van der Waals surface area contributed by atoms with Crippen molar-refractivity contribution in [1.82, 2.24) is 24.6 Å². The zero-order valence-electron chi connectivity index (χ0n) is 28.7. The lowest BCUT2D eigenvalue weighted by Gasteiger charge is -2.28. The number of aliphatic hydroxyl groups excluding tert-OH is 1. The molecule has 0 bridgehead atoms. The smallest absolute Gasteiger partial charge is 0.459 e. The van der Waals surface area contributed by atoms with Crippen molar-refractivity contribution in [1.29, 1.82) is 0 Å². The lowest BCUT2D eigenvalue weighted by atomic mass is 9.96. The highest BCUT2D eigenvalue weighted by Crippen LogP contribution is 2.50. The Morgan fingerprint density at radius 3 is 2.47 bits per heavy atom. The standard InChI is InChI=1S/C37H37N6O9P/c1-37(46)31(44)28(51-35(37)43-22-39-30-32(43)40-36(38)41-33(30)48-2)21-50-53(47,52-27-19-11-17-24-14-9-10-18-26(24)27)42-29(25-15-7-4-8-16-25)34(45)49-20-23-12-5-3-6-13-23/h3-19,22,28-29,31,35,44,46H,20-21H2,1-2H3,(H,42,47)(H2,38,40,41). The van der Waals surface area contributed by atoms with Crippen molar-refractivity contribution >= 4 is 41.6 Å². The number of rotatable bonds is 13. The van der Waals surface area contributed by atoms with Gasteiger partial charge in [0.05, 0.1) is 20.0 Å². The first-order valence-electron chi connectivity index (χ1n) is 16.6. The molecule has 0 aliphatic carbocycles. The molecular formula is C37H37N6O9P. The number of hydrogen-bond acceptors (Lipinski definition) is 13. The van der Waals surface area contributed by atoms with Crippen LogP contribution < -0.4 is 20.1 Å². The Bertz CT molecular complexity index is 2270. The number of fused-ring (bicyclic) bond motifs is 2. The molecule has 3 heterocycles. The number of imidazole rings is 1. The third-order valence-corrected chi connectivity index (χ3v) is 10.4. The molecule has 0 spiro atoms. The maximum Gasteiger partial charge on any atom is 0.459 e. The van der Waals surface area contributed by atoms with E-state index in [9.17, 15) is 19.6 Å². The molecule has 6 atom stereocenters. The van der Waals surface area contributed by atoms with Crippen molar-refractivity contribution in [2.75, 3.05) is 19.5 Å². The van der Waals surface area contributed by atoms with Gasteiger partial charge in [0, 0.05) is 5.39 Å². The summed E-state index contributed by atoms with van der Waals surface area (Å²) in [6.45, 7) is 0.773. The summed E-state index contributed by atoms with van der Waals surface area (Å²) in [7, 11) is -3.17. The summed E-state index contributed by atoms with van der Waals surface area (Å²) in [5.41, 5.74) is 5.57. The maximum atomic E-state index is 15.0. The van der Waals surface area contributed by atoms with E-state index < -0.39 is 50.4 Å². The Hall–Kier alpha value is -5.41. The first kappa shape index (κ1) is 36.0. The molecule has 1 aliphatic rings. The van der Waals surface area contributed by atoms with E-state index in [0.717, 1.165) is 10.9 Å². The number of hydrogen-bond donors (Lipinski definition) is 4. The molecule has 274 valence electrons. The largest absolute Gasteiger partial charge is 0.479 e. The van der Waals surface area contributed by atoms with Gasteiger partial charge in [-0.2, -0.15) is 15.1 Å². The Kier molecular flexibility index (Phi) is 10.1. The number of benzene rings is 4. The minimum Gasteiger partial charge on any atom is -0.479 e. The number of nitrogens with zero attached hydrogens (tertiary/aromatic N) is 4. The van der Waals surface area contributed by atoms with E-state index in [0.29, 0.717) is 10.9 Å². The Balaban J connectivity index is 1.20. The van der Waals surface area contributed by atoms with E-state index in [4.69, 9.17) is 29.0 Å². The van der Waals surface area contributed by atoms with Gasteiger partial charge in [-0.15, -0.1) is 0 Å². The molecule has 53 heavy (non-hydrogen) atoms. The zero-order valence-corrected chi connectivity index (χ0v) is 29.6. The van der Waals surface area contributed by atoms with E-state index in [-0.39, 0.29) is 35.3 Å². The van der Waals surface area contributed by atoms with E-state index in [1.165, 1.54) is 24.9 Å². The molecule has 1 fully saturated rings. The second-order valence-electron chi connectivity index (χ2n) is 12.5. The van der Waals surface area contributed by atoms with Crippen LogP contribution >= 0.6 is 7.75 Å². The Labute approximate surface area is 303 Å². The van der Waals surface area contributed by atoms with Gasteiger partial charge >= 0.3 is 13.7 Å². The summed E-state index contributed by atoms with van der Waals surface area (Å²) in [5, 5.41) is 27.2. The normalized spacial score (nSPS) is 21.6. The van der Waals surface area contributed by atoms with Gasteiger partial charge in [0.15, 0.2) is 17.4 Å². The number of aliphatic hydroxyl groups is 2. The summed E-state index contributed by atoms with van der Waals surface area (Å²) in [6.07, 6.45) is -2.75. The van der Waals surface area contributed by atoms with Crippen molar-refractivity contribution in [2.24, 2.45) is 0 Å². The van der Waals surface area contributed by atoms with Crippen LogP contribution in [0.3, 0.4) is 0 Å². The second-order valence-corrected chi connectivity index (χ2v) is 14.2. The highest BCUT2D eigenvalue weighted by Gasteiger charge is 2.54. The topological polar surface area (TPSA) is 202 Å². The lowest BCUT2D eigenvalue weighted by molar-refractivity contribution is -0.147. The van der Waals surface area contributed by atoms with Crippen molar-refractivity contribution in [3.8, 4) is 11.6 Å². The van der Waals surface area contributed by atoms with Gasteiger partial charge in [-0.05, 0) is 29.5 Å². The molecule has 0 saturated carbocycles. The van der Waals surface area contributed by atoms with Crippen LogP contribution in [0, 0.1) is 0 Å². The maximum absolute atomic E-state index is 15.0. The Morgan fingerprint density at radius 2 is 1.72 bits per heavy atom. The number of carbonyl (C=O) groups is 1. The quantitative estimate of drug-likeness (QED) is 0.0924. The number of methoxy groups -OCH3 is 1. The predicted molar refractivity (Wildman–Crippen MR) is 194 cm³/mol. The number of nitrogens with one attached hydrogen (secondary N) is 1. The van der Waals surface area contributed by atoms with Gasteiger partial charge in [0.1, 0.15) is 36.2 Å². The summed E-state index contributed by atoms with van der Waals surface area (Å²) in [5.74, 6) is -0.536. The van der Waals surface area contributed by atoms with Gasteiger partial charge in [-0.25, -0.2) is 14.3 Å². The molecular weight excluding hydrogens is 703 g/mol. The molecule has 0 radical (unpaired) electrons. The summed E-state index contributed by atoms with van der Waals surface area (Å²) in [6, 6.07) is 29.0.